The number of anilines is 2. The smallest absolute Gasteiger partial charge is 0.416 e. The molecule has 2 amide bonds. The Morgan fingerprint density at radius 2 is 1.95 bits per heavy atom. The van der Waals surface area contributed by atoms with Crippen molar-refractivity contribution in [2.24, 2.45) is 5.73 Å². The second kappa shape index (κ2) is 10.3. The van der Waals surface area contributed by atoms with Gasteiger partial charge in [-0.05, 0) is 61.4 Å². The van der Waals surface area contributed by atoms with Crippen LogP contribution >= 0.6 is 0 Å². The third-order valence-electron chi connectivity index (χ3n) is 6.41. The van der Waals surface area contributed by atoms with Crippen molar-refractivity contribution < 1.29 is 27.5 Å². The molecule has 0 radical (unpaired) electrons. The highest BCUT2D eigenvalue weighted by Crippen LogP contribution is 2.39. The van der Waals surface area contributed by atoms with E-state index in [2.05, 4.69) is 20.6 Å². The van der Waals surface area contributed by atoms with Gasteiger partial charge >= 0.3 is 6.18 Å². The molecule has 12 heteroatoms. The Balaban J connectivity index is 1.45. The summed E-state index contributed by atoms with van der Waals surface area (Å²) in [5, 5.41) is 5.89. The zero-order valence-electron chi connectivity index (χ0n) is 20.2. The summed E-state index contributed by atoms with van der Waals surface area (Å²) < 4.78 is 45.0. The number of alkyl halides is 3. The summed E-state index contributed by atoms with van der Waals surface area (Å²) in [5.41, 5.74) is 7.18. The van der Waals surface area contributed by atoms with Gasteiger partial charge in [0.25, 0.3) is 5.91 Å². The molecule has 1 fully saturated rings. The van der Waals surface area contributed by atoms with Crippen LogP contribution in [-0.2, 0) is 17.5 Å². The number of nitrogens with two attached hydrogens (primary N) is 1. The number of fused-ring (bicyclic) bond motifs is 1. The maximum atomic E-state index is 13.0. The second-order valence-corrected chi connectivity index (χ2v) is 9.03. The lowest BCUT2D eigenvalue weighted by atomic mass is 10.1. The van der Waals surface area contributed by atoms with Crippen molar-refractivity contribution in [3.8, 4) is 17.1 Å². The number of nitrogens with zero attached hydrogens (tertiary/aromatic N) is 3. The molecule has 5 rings (SSSR count). The van der Waals surface area contributed by atoms with Crippen LogP contribution in [0.2, 0.25) is 0 Å². The molecule has 9 nitrogen and oxygen atoms in total. The van der Waals surface area contributed by atoms with Gasteiger partial charge in [0.05, 0.1) is 29.6 Å². The topological polar surface area (TPSA) is 122 Å². The van der Waals surface area contributed by atoms with Crippen LogP contribution in [0.4, 0.5) is 24.5 Å². The third-order valence-corrected chi connectivity index (χ3v) is 6.41. The molecule has 0 bridgehead atoms. The maximum absolute atomic E-state index is 13.0. The van der Waals surface area contributed by atoms with Crippen molar-refractivity contribution in [1.82, 2.24) is 20.6 Å². The Bertz CT molecular complexity index is 1360. The normalized spacial score (nSPS) is 17.4. The fourth-order valence-electron chi connectivity index (χ4n) is 4.48. The molecule has 3 heterocycles. The first-order chi connectivity index (χ1) is 18.2. The van der Waals surface area contributed by atoms with Crippen molar-refractivity contribution in [1.29, 1.82) is 0 Å². The van der Waals surface area contributed by atoms with Gasteiger partial charge in [-0.3, -0.25) is 9.59 Å². The minimum atomic E-state index is -4.41. The van der Waals surface area contributed by atoms with Gasteiger partial charge in [-0.1, -0.05) is 0 Å². The summed E-state index contributed by atoms with van der Waals surface area (Å²) in [7, 11) is 0. The Labute approximate surface area is 216 Å². The maximum Gasteiger partial charge on any atom is 0.416 e. The number of halogens is 3. The minimum Gasteiger partial charge on any atom is -0.491 e. The van der Waals surface area contributed by atoms with Crippen LogP contribution in [0.25, 0.3) is 11.4 Å². The Morgan fingerprint density at radius 1 is 1.16 bits per heavy atom. The number of nitrogens with one attached hydrogen (secondary N) is 2. The molecule has 0 spiro atoms. The average Bonchev–Trinajstić information content (AvgIpc) is 3.19. The summed E-state index contributed by atoms with van der Waals surface area (Å²) in [4.78, 5) is 34.6. The van der Waals surface area contributed by atoms with E-state index in [1.807, 2.05) is 4.90 Å². The predicted molar refractivity (Wildman–Crippen MR) is 133 cm³/mol. The number of hydrogen-bond acceptors (Lipinski definition) is 7. The highest BCUT2D eigenvalue weighted by Gasteiger charge is 2.30. The van der Waals surface area contributed by atoms with Gasteiger partial charge in [0.1, 0.15) is 11.4 Å². The van der Waals surface area contributed by atoms with E-state index in [1.54, 1.807) is 18.2 Å². The van der Waals surface area contributed by atoms with E-state index in [4.69, 9.17) is 10.5 Å². The van der Waals surface area contributed by atoms with Crippen molar-refractivity contribution in [3.63, 3.8) is 0 Å². The van der Waals surface area contributed by atoms with Crippen LogP contribution in [0.5, 0.6) is 5.75 Å². The number of amides is 2. The number of carbonyl (C=O) groups is 2. The monoisotopic (exact) mass is 526 g/mol. The molecule has 38 heavy (non-hydrogen) atoms. The van der Waals surface area contributed by atoms with E-state index < -0.39 is 17.6 Å². The lowest BCUT2D eigenvalue weighted by Crippen LogP contribution is -2.36. The molecule has 2 aliphatic rings. The minimum absolute atomic E-state index is 0.0323. The molecular formula is C26H25F3N6O3. The number of carbonyl (C=O) groups excluding carboxylic acids is 2. The summed E-state index contributed by atoms with van der Waals surface area (Å²) >= 11 is 0. The van der Waals surface area contributed by atoms with Crippen molar-refractivity contribution >= 4 is 23.2 Å². The molecule has 2 aliphatic heterocycles. The average molecular weight is 527 g/mol. The summed E-state index contributed by atoms with van der Waals surface area (Å²) in [5.74, 6) is -0.0381. The lowest BCUT2D eigenvalue weighted by Gasteiger charge is -2.24. The van der Waals surface area contributed by atoms with E-state index in [1.165, 1.54) is 18.2 Å². The van der Waals surface area contributed by atoms with Gasteiger partial charge in [-0.25, -0.2) is 9.97 Å². The summed E-state index contributed by atoms with van der Waals surface area (Å²) in [6.07, 6.45) is -3.11. The number of primary amides is 1. The number of ether oxygens (including phenoxy) is 1. The highest BCUT2D eigenvalue weighted by atomic mass is 19.4. The molecule has 0 aliphatic carbocycles. The van der Waals surface area contributed by atoms with Crippen LogP contribution < -0.4 is 26.0 Å². The molecule has 4 N–H and O–H groups in total. The number of aromatic nitrogens is 2. The molecular weight excluding hydrogens is 501 g/mol. The van der Waals surface area contributed by atoms with Crippen LogP contribution in [0.1, 0.15) is 34.6 Å². The second-order valence-electron chi connectivity index (χ2n) is 9.03. The zero-order chi connectivity index (χ0) is 26.9. The SMILES string of the molecule is NC(=O)c1cc(CN[C@H]2CCNC2=O)nc(-c2ccc3c(c2)OCCCN3c2ccc(C(F)(F)F)cc2)n1. The van der Waals surface area contributed by atoms with Gasteiger partial charge in [0.2, 0.25) is 5.91 Å². The van der Waals surface area contributed by atoms with Crippen molar-refractivity contribution in [2.45, 2.75) is 31.6 Å². The zero-order valence-corrected chi connectivity index (χ0v) is 20.2. The van der Waals surface area contributed by atoms with Crippen LogP contribution in [-0.4, -0.2) is 47.5 Å². The Morgan fingerprint density at radius 3 is 2.63 bits per heavy atom. The summed E-state index contributed by atoms with van der Waals surface area (Å²) in [6.45, 7) is 1.79. The van der Waals surface area contributed by atoms with Crippen molar-refractivity contribution in [2.75, 3.05) is 24.6 Å². The Hall–Kier alpha value is -4.19. The lowest BCUT2D eigenvalue weighted by molar-refractivity contribution is -0.137. The quantitative estimate of drug-likeness (QED) is 0.451. The van der Waals surface area contributed by atoms with Crippen LogP contribution in [0, 0.1) is 0 Å². The molecule has 1 atom stereocenters. The molecule has 1 aromatic heterocycles. The number of hydrogen-bond donors (Lipinski definition) is 3. The third kappa shape index (κ3) is 5.40. The van der Waals surface area contributed by atoms with Gasteiger partial charge in [-0.15, -0.1) is 0 Å². The molecule has 1 saturated heterocycles. The summed E-state index contributed by atoms with van der Waals surface area (Å²) in [6, 6.07) is 11.4. The molecule has 2 aromatic carbocycles. The van der Waals surface area contributed by atoms with E-state index in [0.29, 0.717) is 60.9 Å². The standard InChI is InChI=1S/C26H25F3N6O3/c27-26(28,29)16-3-5-18(6-4-16)35-10-1-11-38-22-12-15(2-7-21(22)35)24-33-17(13-20(34-24)23(30)36)14-32-19-8-9-31-25(19)37/h2-7,12-13,19,32H,1,8-11,14H2,(H2,30,36)(H,31,37)/t19-/m0/s1. The van der Waals surface area contributed by atoms with E-state index in [-0.39, 0.29) is 30.0 Å². The number of rotatable bonds is 6. The van der Waals surface area contributed by atoms with Gasteiger partial charge in [0.15, 0.2) is 5.82 Å². The first kappa shape index (κ1) is 25.5. The highest BCUT2D eigenvalue weighted by molar-refractivity contribution is 5.91. The predicted octanol–water partition coefficient (Wildman–Crippen LogP) is 3.16. The first-order valence-corrected chi connectivity index (χ1v) is 12.1. The van der Waals surface area contributed by atoms with Gasteiger partial charge in [0, 0.05) is 30.9 Å². The van der Waals surface area contributed by atoms with E-state index in [0.717, 1.165) is 12.1 Å². The number of benzene rings is 2. The van der Waals surface area contributed by atoms with E-state index >= 15 is 0 Å². The van der Waals surface area contributed by atoms with E-state index in [9.17, 15) is 22.8 Å². The fraction of sp³-hybridized carbons (Fsp3) is 0.308. The molecule has 3 aromatic rings. The molecule has 198 valence electrons. The first-order valence-electron chi connectivity index (χ1n) is 12.1. The molecule has 0 unspecified atom stereocenters. The molecule has 0 saturated carbocycles. The largest absolute Gasteiger partial charge is 0.491 e. The van der Waals surface area contributed by atoms with Gasteiger partial charge in [-0.2, -0.15) is 13.2 Å². The Kier molecular flexibility index (Phi) is 6.89. The fourth-order valence-corrected chi connectivity index (χ4v) is 4.48. The van der Waals surface area contributed by atoms with Crippen LogP contribution in [0.15, 0.2) is 48.5 Å². The van der Waals surface area contributed by atoms with Gasteiger partial charge < -0.3 is 26.0 Å². The van der Waals surface area contributed by atoms with Crippen LogP contribution in [0.3, 0.4) is 0 Å². The van der Waals surface area contributed by atoms with Crippen molar-refractivity contribution in [3.05, 3.63) is 65.5 Å².